The fourth-order valence-corrected chi connectivity index (χ4v) is 2.10. The van der Waals surface area contributed by atoms with Crippen molar-refractivity contribution in [1.82, 2.24) is 5.32 Å². The zero-order valence-corrected chi connectivity index (χ0v) is 11.1. The van der Waals surface area contributed by atoms with Gasteiger partial charge in [0.05, 0.1) is 23.6 Å². The molecule has 0 radical (unpaired) electrons. The number of esters is 1. The molecule has 1 aliphatic rings. The van der Waals surface area contributed by atoms with Gasteiger partial charge in [0, 0.05) is 5.69 Å². The number of benzene rings is 1. The molecule has 1 aliphatic heterocycles. The van der Waals surface area contributed by atoms with Gasteiger partial charge in [-0.25, -0.2) is 0 Å². The number of carbonyl (C=O) groups excluding carboxylic acids is 2. The Balaban J connectivity index is 2.22. The minimum Gasteiger partial charge on any atom is -0.463 e. The van der Waals surface area contributed by atoms with Crippen LogP contribution in [0.15, 0.2) is 12.1 Å². The Hall–Kier alpha value is -2.25. The molecular weight excluding hydrogens is 289 g/mol. The quantitative estimate of drug-likeness (QED) is 0.643. The van der Waals surface area contributed by atoms with Crippen molar-refractivity contribution in [2.45, 2.75) is 25.6 Å². The van der Waals surface area contributed by atoms with Gasteiger partial charge >= 0.3 is 12.1 Å². The fraction of sp³-hybridized carbons (Fsp3) is 0.385. The van der Waals surface area contributed by atoms with Crippen LogP contribution in [0.2, 0.25) is 0 Å². The van der Waals surface area contributed by atoms with Gasteiger partial charge in [-0.15, -0.1) is 0 Å². The van der Waals surface area contributed by atoms with Crippen molar-refractivity contribution >= 4 is 17.6 Å². The van der Waals surface area contributed by atoms with E-state index in [0.29, 0.717) is 0 Å². The van der Waals surface area contributed by atoms with Crippen molar-refractivity contribution in [2.24, 2.45) is 0 Å². The molecule has 21 heavy (non-hydrogen) atoms. The minimum absolute atomic E-state index is 0.0330. The van der Waals surface area contributed by atoms with Gasteiger partial charge in [-0.3, -0.25) is 9.59 Å². The smallest absolute Gasteiger partial charge is 0.416 e. The molecule has 114 valence electrons. The highest BCUT2D eigenvalue weighted by Crippen LogP contribution is 2.35. The largest absolute Gasteiger partial charge is 0.463 e. The van der Waals surface area contributed by atoms with E-state index >= 15 is 0 Å². The third-order valence-electron chi connectivity index (χ3n) is 3.26. The topological polar surface area (TPSA) is 81.4 Å². The molecule has 1 aromatic carbocycles. The molecule has 0 saturated carbocycles. The van der Waals surface area contributed by atoms with Crippen LogP contribution >= 0.6 is 0 Å². The van der Waals surface area contributed by atoms with Crippen LogP contribution in [0, 0.1) is 6.92 Å². The second-order valence-corrected chi connectivity index (χ2v) is 4.75. The number of ether oxygens (including phenoxy) is 1. The minimum atomic E-state index is -4.53. The summed E-state index contributed by atoms with van der Waals surface area (Å²) >= 11 is 0. The molecule has 1 heterocycles. The fourth-order valence-electron chi connectivity index (χ4n) is 2.10. The van der Waals surface area contributed by atoms with Crippen LogP contribution in [0.1, 0.15) is 27.9 Å². The van der Waals surface area contributed by atoms with Crippen LogP contribution in [0.5, 0.6) is 0 Å². The summed E-state index contributed by atoms with van der Waals surface area (Å²) < 4.78 is 42.9. The molecule has 2 rings (SSSR count). The number of rotatable bonds is 2. The van der Waals surface area contributed by atoms with E-state index in [4.69, 9.17) is 5.73 Å². The lowest BCUT2D eigenvalue weighted by Gasteiger charge is -2.16. The summed E-state index contributed by atoms with van der Waals surface area (Å²) in [4.78, 5) is 22.9. The van der Waals surface area contributed by atoms with E-state index in [-0.39, 0.29) is 29.8 Å². The third-order valence-corrected chi connectivity index (χ3v) is 3.26. The molecule has 1 atom stereocenters. The first-order valence-corrected chi connectivity index (χ1v) is 6.13. The molecule has 1 saturated heterocycles. The molecule has 3 N–H and O–H groups in total. The normalized spacial score (nSPS) is 18.5. The third kappa shape index (κ3) is 3.09. The molecule has 0 aromatic heterocycles. The zero-order chi connectivity index (χ0) is 15.8. The lowest BCUT2D eigenvalue weighted by Crippen LogP contribution is -2.35. The maximum absolute atomic E-state index is 12.7. The molecule has 0 spiro atoms. The predicted octanol–water partition coefficient (Wildman–Crippen LogP) is 1.64. The van der Waals surface area contributed by atoms with Gasteiger partial charge in [0.1, 0.15) is 6.61 Å². The van der Waals surface area contributed by atoms with Gasteiger partial charge in [0.25, 0.3) is 5.91 Å². The molecule has 1 aromatic rings. The Kier molecular flexibility index (Phi) is 3.80. The van der Waals surface area contributed by atoms with Crippen molar-refractivity contribution in [3.63, 3.8) is 0 Å². The highest BCUT2D eigenvalue weighted by Gasteiger charge is 2.34. The Morgan fingerprint density at radius 3 is 2.62 bits per heavy atom. The van der Waals surface area contributed by atoms with Gasteiger partial charge < -0.3 is 15.8 Å². The van der Waals surface area contributed by atoms with Gasteiger partial charge in [0.15, 0.2) is 0 Å². The summed E-state index contributed by atoms with van der Waals surface area (Å²) in [6.45, 7) is 1.25. The number of nitrogens with one attached hydrogen (secondary N) is 1. The highest BCUT2D eigenvalue weighted by molar-refractivity contribution is 6.00. The second kappa shape index (κ2) is 5.27. The first-order valence-electron chi connectivity index (χ1n) is 6.13. The first kappa shape index (κ1) is 15.1. The van der Waals surface area contributed by atoms with Crippen LogP contribution in [0.25, 0.3) is 0 Å². The van der Waals surface area contributed by atoms with E-state index in [2.05, 4.69) is 10.1 Å². The molecular formula is C13H13F3N2O3. The van der Waals surface area contributed by atoms with Crippen LogP contribution in [-0.4, -0.2) is 24.5 Å². The molecule has 0 aliphatic carbocycles. The summed E-state index contributed by atoms with van der Waals surface area (Å²) in [5.74, 6) is -1.07. The Morgan fingerprint density at radius 2 is 2.10 bits per heavy atom. The summed E-state index contributed by atoms with van der Waals surface area (Å²) in [6, 6.07) is 1.35. The monoisotopic (exact) mass is 302 g/mol. The van der Waals surface area contributed by atoms with E-state index < -0.39 is 29.7 Å². The summed E-state index contributed by atoms with van der Waals surface area (Å²) in [5.41, 5.74) is 4.26. The highest BCUT2D eigenvalue weighted by atomic mass is 19.4. The number of cyclic esters (lactones) is 1. The maximum atomic E-state index is 12.7. The van der Waals surface area contributed by atoms with E-state index in [1.807, 2.05) is 0 Å². The molecule has 8 heteroatoms. The molecule has 0 unspecified atom stereocenters. The van der Waals surface area contributed by atoms with Crippen LogP contribution in [-0.2, 0) is 15.7 Å². The predicted molar refractivity (Wildman–Crippen MR) is 67.4 cm³/mol. The van der Waals surface area contributed by atoms with Crippen LogP contribution in [0.4, 0.5) is 18.9 Å². The van der Waals surface area contributed by atoms with Gasteiger partial charge in [-0.2, -0.15) is 13.2 Å². The number of nitrogen functional groups attached to an aromatic ring is 1. The van der Waals surface area contributed by atoms with Crippen LogP contribution in [0.3, 0.4) is 0 Å². The summed E-state index contributed by atoms with van der Waals surface area (Å²) in [6.07, 6.45) is -4.50. The average molecular weight is 302 g/mol. The van der Waals surface area contributed by atoms with Crippen molar-refractivity contribution in [2.75, 3.05) is 12.3 Å². The number of amides is 1. The number of alkyl halides is 3. The maximum Gasteiger partial charge on any atom is 0.416 e. The lowest BCUT2D eigenvalue weighted by atomic mass is 10.0. The van der Waals surface area contributed by atoms with Gasteiger partial charge in [0.2, 0.25) is 0 Å². The van der Waals surface area contributed by atoms with Crippen molar-refractivity contribution < 1.29 is 27.5 Å². The Bertz CT molecular complexity index is 599. The SMILES string of the molecule is Cc1c(C(F)(F)F)ccc(C(=O)N[C@@H]2COC(=O)C2)c1N. The van der Waals surface area contributed by atoms with E-state index in [9.17, 15) is 22.8 Å². The summed E-state index contributed by atoms with van der Waals surface area (Å²) in [5, 5.41) is 2.51. The average Bonchev–Trinajstić information content (AvgIpc) is 2.76. The number of anilines is 1. The van der Waals surface area contributed by atoms with E-state index in [1.165, 1.54) is 6.92 Å². The molecule has 1 fully saturated rings. The number of hydrogen-bond donors (Lipinski definition) is 2. The van der Waals surface area contributed by atoms with Crippen molar-refractivity contribution in [3.05, 3.63) is 28.8 Å². The van der Waals surface area contributed by atoms with E-state index in [1.54, 1.807) is 0 Å². The van der Waals surface area contributed by atoms with Crippen LogP contribution < -0.4 is 11.1 Å². The molecule has 5 nitrogen and oxygen atoms in total. The Morgan fingerprint density at radius 1 is 1.43 bits per heavy atom. The standard InChI is InChI=1S/C13H13F3N2O3/c1-6-9(13(14,15)16)3-2-8(11(6)17)12(20)18-7-4-10(19)21-5-7/h2-3,7H,4-5,17H2,1H3,(H,18,20)/t7-/m0/s1. The number of carbonyl (C=O) groups is 2. The van der Waals surface area contributed by atoms with Crippen molar-refractivity contribution in [3.8, 4) is 0 Å². The number of halogens is 3. The molecule has 1 amide bonds. The van der Waals surface area contributed by atoms with E-state index in [0.717, 1.165) is 12.1 Å². The van der Waals surface area contributed by atoms with Gasteiger partial charge in [-0.05, 0) is 24.6 Å². The Labute approximate surface area is 118 Å². The molecule has 0 bridgehead atoms. The second-order valence-electron chi connectivity index (χ2n) is 4.75. The van der Waals surface area contributed by atoms with Crippen molar-refractivity contribution in [1.29, 1.82) is 0 Å². The summed E-state index contributed by atoms with van der Waals surface area (Å²) in [7, 11) is 0. The lowest BCUT2D eigenvalue weighted by molar-refractivity contribution is -0.138. The number of nitrogens with two attached hydrogens (primary N) is 1. The zero-order valence-electron chi connectivity index (χ0n) is 11.1. The van der Waals surface area contributed by atoms with Gasteiger partial charge in [-0.1, -0.05) is 0 Å². The number of hydrogen-bond acceptors (Lipinski definition) is 4. The first-order chi connectivity index (χ1) is 9.70.